The molecule has 7 heteroatoms. The van der Waals surface area contributed by atoms with E-state index in [1.165, 1.54) is 14.0 Å². The number of nitrogens with zero attached hydrogens (tertiary/aromatic N) is 1. The minimum Gasteiger partial charge on any atom is -0.493 e. The number of hydrogen-bond acceptors (Lipinski definition) is 5. The lowest BCUT2D eigenvalue weighted by Crippen LogP contribution is -2.47. The van der Waals surface area contributed by atoms with Gasteiger partial charge in [0, 0.05) is 24.6 Å². The highest BCUT2D eigenvalue weighted by atomic mass is 16.5. The predicted octanol–water partition coefficient (Wildman–Crippen LogP) is 2.77. The zero-order chi connectivity index (χ0) is 20.0. The van der Waals surface area contributed by atoms with Crippen molar-refractivity contribution in [1.29, 1.82) is 0 Å². The van der Waals surface area contributed by atoms with Crippen LogP contribution in [0.4, 0.5) is 0 Å². The van der Waals surface area contributed by atoms with Gasteiger partial charge in [0.05, 0.1) is 19.6 Å². The maximum Gasteiger partial charge on any atom is 0.308 e. The maximum atomic E-state index is 12.4. The molecule has 0 aromatic heterocycles. The molecule has 1 N–H and O–H groups in total. The molecule has 1 saturated heterocycles. The second-order valence-electron chi connectivity index (χ2n) is 6.88. The van der Waals surface area contributed by atoms with Crippen LogP contribution in [0.3, 0.4) is 0 Å². The van der Waals surface area contributed by atoms with Crippen molar-refractivity contribution >= 4 is 17.7 Å². The number of benzene rings is 1. The summed E-state index contributed by atoms with van der Waals surface area (Å²) in [7, 11) is 1.51. The van der Waals surface area contributed by atoms with Crippen molar-refractivity contribution < 1.29 is 29.0 Å². The fourth-order valence-electron chi connectivity index (χ4n) is 3.21. The molecule has 0 spiro atoms. The zero-order valence-electron chi connectivity index (χ0n) is 16.1. The van der Waals surface area contributed by atoms with Crippen LogP contribution in [0.25, 0.3) is 0 Å². The number of Topliss-reactive ketones (excluding diaryl/α,β-unsaturated/α-hetero) is 1. The third kappa shape index (κ3) is 5.45. The molecule has 0 saturated carbocycles. The summed E-state index contributed by atoms with van der Waals surface area (Å²) >= 11 is 0. The Kier molecular flexibility index (Phi) is 7.21. The van der Waals surface area contributed by atoms with Gasteiger partial charge < -0.3 is 19.5 Å². The van der Waals surface area contributed by atoms with Gasteiger partial charge in [-0.05, 0) is 51.3 Å². The SMILES string of the molecule is COc1cc(C(C)=O)ccc1OCCCC(=O)N1CC(C(=O)O)CCC1C. The molecule has 148 valence electrons. The van der Waals surface area contributed by atoms with Crippen molar-refractivity contribution in [3.05, 3.63) is 23.8 Å². The molecule has 0 aliphatic carbocycles. The summed E-state index contributed by atoms with van der Waals surface area (Å²) in [5.74, 6) is -0.429. The summed E-state index contributed by atoms with van der Waals surface area (Å²) < 4.78 is 10.9. The van der Waals surface area contributed by atoms with Crippen LogP contribution in [-0.4, -0.2) is 54.0 Å². The van der Waals surface area contributed by atoms with Crippen LogP contribution >= 0.6 is 0 Å². The first-order chi connectivity index (χ1) is 12.8. The molecule has 2 atom stereocenters. The van der Waals surface area contributed by atoms with Crippen molar-refractivity contribution in [1.82, 2.24) is 4.90 Å². The zero-order valence-corrected chi connectivity index (χ0v) is 16.1. The number of aliphatic carboxylic acids is 1. The minimum absolute atomic E-state index is 0.0454. The van der Waals surface area contributed by atoms with Crippen LogP contribution in [0.2, 0.25) is 0 Å². The number of ether oxygens (including phenoxy) is 2. The number of carboxylic acid groups (broad SMARTS) is 1. The smallest absolute Gasteiger partial charge is 0.308 e. The average molecular weight is 377 g/mol. The van der Waals surface area contributed by atoms with Crippen molar-refractivity contribution in [3.63, 3.8) is 0 Å². The number of amides is 1. The van der Waals surface area contributed by atoms with E-state index in [9.17, 15) is 19.5 Å². The Labute approximate surface area is 159 Å². The van der Waals surface area contributed by atoms with E-state index >= 15 is 0 Å². The Morgan fingerprint density at radius 1 is 1.22 bits per heavy atom. The largest absolute Gasteiger partial charge is 0.493 e. The summed E-state index contributed by atoms with van der Waals surface area (Å²) in [4.78, 5) is 36.7. The first kappa shape index (κ1) is 20.7. The fraction of sp³-hybridized carbons (Fsp3) is 0.550. The van der Waals surface area contributed by atoms with E-state index in [0.717, 1.165) is 0 Å². The molecular formula is C20H27NO6. The number of carbonyl (C=O) groups excluding carboxylic acids is 2. The van der Waals surface area contributed by atoms with E-state index in [4.69, 9.17) is 9.47 Å². The topological polar surface area (TPSA) is 93.1 Å². The molecule has 1 aromatic carbocycles. The summed E-state index contributed by atoms with van der Waals surface area (Å²) in [6.45, 7) is 4.04. The van der Waals surface area contributed by atoms with Gasteiger partial charge in [0.2, 0.25) is 5.91 Å². The number of ketones is 1. The number of methoxy groups -OCH3 is 1. The highest BCUT2D eigenvalue weighted by Gasteiger charge is 2.32. The van der Waals surface area contributed by atoms with Crippen LogP contribution < -0.4 is 9.47 Å². The Balaban J connectivity index is 1.85. The summed E-state index contributed by atoms with van der Waals surface area (Å²) in [5.41, 5.74) is 0.543. The molecule has 1 amide bonds. The second kappa shape index (κ2) is 9.39. The molecule has 0 bridgehead atoms. The molecule has 2 rings (SSSR count). The quantitative estimate of drug-likeness (QED) is 0.553. The van der Waals surface area contributed by atoms with Gasteiger partial charge in [-0.1, -0.05) is 0 Å². The Hall–Kier alpha value is -2.57. The van der Waals surface area contributed by atoms with Gasteiger partial charge >= 0.3 is 5.97 Å². The maximum absolute atomic E-state index is 12.4. The minimum atomic E-state index is -0.843. The highest BCUT2D eigenvalue weighted by Crippen LogP contribution is 2.28. The lowest BCUT2D eigenvalue weighted by molar-refractivity contribution is -0.147. The summed E-state index contributed by atoms with van der Waals surface area (Å²) in [6, 6.07) is 5.05. The number of carbonyl (C=O) groups is 3. The van der Waals surface area contributed by atoms with Gasteiger partial charge in [-0.3, -0.25) is 14.4 Å². The van der Waals surface area contributed by atoms with Gasteiger partial charge in [-0.25, -0.2) is 0 Å². The Morgan fingerprint density at radius 3 is 2.59 bits per heavy atom. The second-order valence-corrected chi connectivity index (χ2v) is 6.88. The van der Waals surface area contributed by atoms with Crippen molar-refractivity contribution in [2.45, 2.75) is 45.6 Å². The number of piperidine rings is 1. The third-order valence-corrected chi connectivity index (χ3v) is 4.91. The van der Waals surface area contributed by atoms with Gasteiger partial charge in [0.1, 0.15) is 0 Å². The molecule has 2 unspecified atom stereocenters. The van der Waals surface area contributed by atoms with Gasteiger partial charge in [-0.2, -0.15) is 0 Å². The Bertz CT molecular complexity index is 702. The van der Waals surface area contributed by atoms with E-state index in [1.54, 1.807) is 23.1 Å². The summed E-state index contributed by atoms with van der Waals surface area (Å²) in [5, 5.41) is 9.18. The highest BCUT2D eigenvalue weighted by molar-refractivity contribution is 5.94. The molecule has 1 aromatic rings. The van der Waals surface area contributed by atoms with E-state index in [1.807, 2.05) is 6.92 Å². The number of carboxylic acids is 1. The van der Waals surface area contributed by atoms with Crippen molar-refractivity contribution in [3.8, 4) is 11.5 Å². The molecule has 1 aliphatic heterocycles. The lowest BCUT2D eigenvalue weighted by atomic mass is 9.93. The lowest BCUT2D eigenvalue weighted by Gasteiger charge is -2.36. The number of rotatable bonds is 8. The molecule has 27 heavy (non-hydrogen) atoms. The molecule has 7 nitrogen and oxygen atoms in total. The fourth-order valence-corrected chi connectivity index (χ4v) is 3.21. The van der Waals surface area contributed by atoms with Crippen molar-refractivity contribution in [2.24, 2.45) is 5.92 Å². The first-order valence-corrected chi connectivity index (χ1v) is 9.17. The van der Waals surface area contributed by atoms with Crippen LogP contribution in [0.5, 0.6) is 11.5 Å². The van der Waals surface area contributed by atoms with Gasteiger partial charge in [-0.15, -0.1) is 0 Å². The molecule has 1 fully saturated rings. The summed E-state index contributed by atoms with van der Waals surface area (Å²) in [6.07, 6.45) is 2.13. The normalized spacial score (nSPS) is 19.4. The van der Waals surface area contributed by atoms with Crippen LogP contribution in [0.1, 0.15) is 49.9 Å². The molecule has 1 heterocycles. The predicted molar refractivity (Wildman–Crippen MR) is 99.3 cm³/mol. The van der Waals surface area contributed by atoms with Crippen LogP contribution in [-0.2, 0) is 9.59 Å². The first-order valence-electron chi connectivity index (χ1n) is 9.17. The molecular weight excluding hydrogens is 350 g/mol. The van der Waals surface area contributed by atoms with Crippen molar-refractivity contribution in [2.75, 3.05) is 20.3 Å². The van der Waals surface area contributed by atoms with Gasteiger partial charge in [0.15, 0.2) is 17.3 Å². The third-order valence-electron chi connectivity index (χ3n) is 4.91. The van der Waals surface area contributed by atoms with E-state index in [2.05, 4.69) is 0 Å². The van der Waals surface area contributed by atoms with E-state index in [-0.39, 0.29) is 24.3 Å². The number of likely N-dealkylation sites (tertiary alicyclic amines) is 1. The number of hydrogen-bond donors (Lipinski definition) is 1. The Morgan fingerprint density at radius 2 is 1.96 bits per heavy atom. The monoisotopic (exact) mass is 377 g/mol. The standard InChI is InChI=1S/C20H27NO6/c1-13-6-7-16(20(24)25)12-21(13)19(23)5-4-10-27-17-9-8-15(14(2)22)11-18(17)26-3/h8-9,11,13,16H,4-7,10,12H2,1-3H3,(H,24,25). The average Bonchev–Trinajstić information content (AvgIpc) is 2.65. The molecule has 0 radical (unpaired) electrons. The van der Waals surface area contributed by atoms with E-state index in [0.29, 0.717) is 49.4 Å². The van der Waals surface area contributed by atoms with E-state index < -0.39 is 11.9 Å². The van der Waals surface area contributed by atoms with Crippen LogP contribution in [0.15, 0.2) is 18.2 Å². The van der Waals surface area contributed by atoms with Crippen LogP contribution in [0, 0.1) is 5.92 Å². The molecule has 1 aliphatic rings. The van der Waals surface area contributed by atoms with Gasteiger partial charge in [0.25, 0.3) is 0 Å².